The molecular formula is C11H11Cl2NO2. The molecule has 5 heteroatoms. The van der Waals surface area contributed by atoms with Crippen molar-refractivity contribution in [2.75, 3.05) is 11.4 Å². The van der Waals surface area contributed by atoms with E-state index in [-0.39, 0.29) is 12.5 Å². The van der Waals surface area contributed by atoms with Crippen LogP contribution in [0.15, 0.2) is 18.2 Å². The monoisotopic (exact) mass is 259 g/mol. The molecule has 1 heterocycles. The number of carbonyl (C=O) groups excluding carboxylic acids is 1. The Morgan fingerprint density at radius 2 is 2.12 bits per heavy atom. The van der Waals surface area contributed by atoms with Crippen molar-refractivity contribution in [2.45, 2.75) is 18.9 Å². The number of β-amino-alcohol motifs (C(OH)–C–C–N with tert-alkyl or cyclic N) is 1. The number of aliphatic hydroxyl groups is 1. The van der Waals surface area contributed by atoms with E-state index in [9.17, 15) is 9.90 Å². The molecule has 86 valence electrons. The van der Waals surface area contributed by atoms with Crippen LogP contribution < -0.4 is 4.90 Å². The van der Waals surface area contributed by atoms with Gasteiger partial charge in [0, 0.05) is 11.4 Å². The zero-order chi connectivity index (χ0) is 11.7. The molecule has 1 aromatic rings. The Labute approximate surface area is 104 Å². The number of hydrogen-bond donors (Lipinski definition) is 1. The van der Waals surface area contributed by atoms with E-state index in [4.69, 9.17) is 23.2 Å². The van der Waals surface area contributed by atoms with Gasteiger partial charge >= 0.3 is 0 Å². The van der Waals surface area contributed by atoms with Crippen molar-refractivity contribution < 1.29 is 9.90 Å². The van der Waals surface area contributed by atoms with Gasteiger partial charge in [-0.15, -0.1) is 0 Å². The Morgan fingerprint density at radius 1 is 1.38 bits per heavy atom. The zero-order valence-electron chi connectivity index (χ0n) is 8.49. The van der Waals surface area contributed by atoms with Gasteiger partial charge in [0.1, 0.15) is 0 Å². The maximum absolute atomic E-state index is 11.7. The third-order valence-corrected chi connectivity index (χ3v) is 3.14. The molecule has 0 spiro atoms. The number of amides is 1. The number of halogens is 2. The van der Waals surface area contributed by atoms with Crippen LogP contribution in [-0.4, -0.2) is 23.7 Å². The Bertz CT molecular complexity index is 422. The van der Waals surface area contributed by atoms with Crippen LogP contribution in [0.1, 0.15) is 12.8 Å². The van der Waals surface area contributed by atoms with Gasteiger partial charge in [0.25, 0.3) is 0 Å². The number of anilines is 1. The van der Waals surface area contributed by atoms with Gasteiger partial charge in [-0.1, -0.05) is 23.2 Å². The van der Waals surface area contributed by atoms with Crippen molar-refractivity contribution >= 4 is 34.8 Å². The Hall–Kier alpha value is -0.770. The van der Waals surface area contributed by atoms with Crippen LogP contribution in [-0.2, 0) is 4.79 Å². The lowest BCUT2D eigenvalue weighted by Gasteiger charge is -2.30. The molecule has 1 atom stereocenters. The standard InChI is InChI=1S/C11H11Cl2NO2/c12-7-1-3-9(13)10(5-7)14-6-8(15)2-4-11(14)16/h1,3,5,8,15H,2,4,6H2. The highest BCUT2D eigenvalue weighted by Gasteiger charge is 2.26. The molecule has 2 rings (SSSR count). The molecule has 1 aliphatic rings. The summed E-state index contributed by atoms with van der Waals surface area (Å²) in [6, 6.07) is 4.95. The molecule has 0 radical (unpaired) electrons. The molecule has 0 aliphatic carbocycles. The van der Waals surface area contributed by atoms with Crippen LogP contribution in [0.5, 0.6) is 0 Å². The number of benzene rings is 1. The van der Waals surface area contributed by atoms with Crippen LogP contribution in [0.2, 0.25) is 10.0 Å². The Kier molecular flexibility index (Phi) is 3.38. The molecule has 1 amide bonds. The van der Waals surface area contributed by atoms with Crippen molar-refractivity contribution in [3.05, 3.63) is 28.2 Å². The highest BCUT2D eigenvalue weighted by Crippen LogP contribution is 2.31. The first-order valence-electron chi connectivity index (χ1n) is 5.01. The van der Waals surface area contributed by atoms with Crippen molar-refractivity contribution in [1.82, 2.24) is 0 Å². The van der Waals surface area contributed by atoms with E-state index in [1.54, 1.807) is 18.2 Å². The quantitative estimate of drug-likeness (QED) is 0.842. The van der Waals surface area contributed by atoms with Gasteiger partial charge in [-0.25, -0.2) is 0 Å². The summed E-state index contributed by atoms with van der Waals surface area (Å²) in [7, 11) is 0. The fraction of sp³-hybridized carbons (Fsp3) is 0.364. The van der Waals surface area contributed by atoms with Gasteiger partial charge in [0.2, 0.25) is 5.91 Å². The number of hydrogen-bond acceptors (Lipinski definition) is 2. The average molecular weight is 260 g/mol. The summed E-state index contributed by atoms with van der Waals surface area (Å²) >= 11 is 11.9. The molecule has 0 saturated carbocycles. The molecule has 3 nitrogen and oxygen atoms in total. The maximum atomic E-state index is 11.7. The van der Waals surface area contributed by atoms with Crippen LogP contribution in [0.3, 0.4) is 0 Å². The number of carbonyl (C=O) groups is 1. The van der Waals surface area contributed by atoms with Crippen molar-refractivity contribution in [2.24, 2.45) is 0 Å². The van der Waals surface area contributed by atoms with Gasteiger partial charge in [-0.2, -0.15) is 0 Å². The zero-order valence-corrected chi connectivity index (χ0v) is 10.0. The molecule has 1 unspecified atom stereocenters. The van der Waals surface area contributed by atoms with Gasteiger partial charge in [0.05, 0.1) is 23.4 Å². The SMILES string of the molecule is O=C1CCC(O)CN1c1cc(Cl)ccc1Cl. The summed E-state index contributed by atoms with van der Waals surface area (Å²) in [5, 5.41) is 10.5. The normalized spacial score (nSPS) is 21.3. The molecule has 0 aromatic heterocycles. The second-order valence-electron chi connectivity index (χ2n) is 3.79. The van der Waals surface area contributed by atoms with Crippen LogP contribution in [0, 0.1) is 0 Å². The molecular weight excluding hydrogens is 249 g/mol. The highest BCUT2D eigenvalue weighted by molar-refractivity contribution is 6.35. The topological polar surface area (TPSA) is 40.5 Å². The van der Waals surface area contributed by atoms with Crippen molar-refractivity contribution in [3.63, 3.8) is 0 Å². The summed E-state index contributed by atoms with van der Waals surface area (Å²) in [4.78, 5) is 13.2. The third-order valence-electron chi connectivity index (χ3n) is 2.58. The lowest BCUT2D eigenvalue weighted by atomic mass is 10.1. The predicted molar refractivity (Wildman–Crippen MR) is 64.1 cm³/mol. The molecule has 0 bridgehead atoms. The fourth-order valence-corrected chi connectivity index (χ4v) is 2.14. The first-order chi connectivity index (χ1) is 7.58. The molecule has 1 aliphatic heterocycles. The highest BCUT2D eigenvalue weighted by atomic mass is 35.5. The van der Waals surface area contributed by atoms with E-state index in [0.717, 1.165) is 0 Å². The average Bonchev–Trinajstić information content (AvgIpc) is 2.25. The second-order valence-corrected chi connectivity index (χ2v) is 4.64. The molecule has 1 fully saturated rings. The minimum Gasteiger partial charge on any atom is -0.391 e. The smallest absolute Gasteiger partial charge is 0.227 e. The number of aliphatic hydroxyl groups excluding tert-OH is 1. The number of piperidine rings is 1. The van der Waals surface area contributed by atoms with E-state index >= 15 is 0 Å². The van der Waals surface area contributed by atoms with Crippen LogP contribution >= 0.6 is 23.2 Å². The van der Waals surface area contributed by atoms with Crippen molar-refractivity contribution in [3.8, 4) is 0 Å². The maximum Gasteiger partial charge on any atom is 0.227 e. The van der Waals surface area contributed by atoms with Gasteiger partial charge < -0.3 is 10.0 Å². The fourth-order valence-electron chi connectivity index (χ4n) is 1.75. The molecule has 1 N–H and O–H groups in total. The van der Waals surface area contributed by atoms with E-state index in [1.165, 1.54) is 4.90 Å². The summed E-state index contributed by atoms with van der Waals surface area (Å²) in [6.45, 7) is 0.277. The lowest BCUT2D eigenvalue weighted by Crippen LogP contribution is -2.42. The van der Waals surface area contributed by atoms with Crippen LogP contribution in [0.4, 0.5) is 5.69 Å². The minimum atomic E-state index is -0.493. The lowest BCUT2D eigenvalue weighted by molar-refractivity contribution is -0.121. The van der Waals surface area contributed by atoms with E-state index < -0.39 is 6.10 Å². The Morgan fingerprint density at radius 3 is 2.88 bits per heavy atom. The first kappa shape index (κ1) is 11.7. The molecule has 1 saturated heterocycles. The molecule has 1 aromatic carbocycles. The Balaban J connectivity index is 2.34. The predicted octanol–water partition coefficient (Wildman–Crippen LogP) is 2.48. The van der Waals surface area contributed by atoms with E-state index in [2.05, 4.69) is 0 Å². The van der Waals surface area contributed by atoms with Gasteiger partial charge in [-0.05, 0) is 24.6 Å². The third kappa shape index (κ3) is 2.32. The minimum absolute atomic E-state index is 0.0329. The second kappa shape index (κ2) is 4.62. The number of nitrogens with zero attached hydrogens (tertiary/aromatic N) is 1. The largest absolute Gasteiger partial charge is 0.391 e. The first-order valence-corrected chi connectivity index (χ1v) is 5.77. The summed E-state index contributed by atoms with van der Waals surface area (Å²) < 4.78 is 0. The van der Waals surface area contributed by atoms with Gasteiger partial charge in [-0.3, -0.25) is 4.79 Å². The number of rotatable bonds is 1. The van der Waals surface area contributed by atoms with Gasteiger partial charge in [0.15, 0.2) is 0 Å². The molecule has 16 heavy (non-hydrogen) atoms. The van der Waals surface area contributed by atoms with E-state index in [1.807, 2.05) is 0 Å². The van der Waals surface area contributed by atoms with Crippen LogP contribution in [0.25, 0.3) is 0 Å². The van der Waals surface area contributed by atoms with E-state index in [0.29, 0.717) is 28.6 Å². The summed E-state index contributed by atoms with van der Waals surface area (Å²) in [5.41, 5.74) is 0.568. The van der Waals surface area contributed by atoms with Crippen molar-refractivity contribution in [1.29, 1.82) is 0 Å². The summed E-state index contributed by atoms with van der Waals surface area (Å²) in [5.74, 6) is -0.0329. The summed E-state index contributed by atoms with van der Waals surface area (Å²) in [6.07, 6.45) is 0.352.